The number of ether oxygens (including phenoxy) is 1. The maximum absolute atomic E-state index is 10.7. The van der Waals surface area contributed by atoms with E-state index in [1.54, 1.807) is 6.92 Å². The zero-order chi connectivity index (χ0) is 8.20. The Hall–Kier alpha value is -0.550. The first-order valence-corrected chi connectivity index (χ1v) is 4.83. The fourth-order valence-corrected chi connectivity index (χ4v) is 0.818. The highest BCUT2D eigenvalue weighted by Crippen LogP contribution is 1.75. The molecule has 0 fully saturated rings. The third-order valence-electron chi connectivity index (χ3n) is 0.617. The fraction of sp³-hybridized carbons (Fsp3) is 0.600. The van der Waals surface area contributed by atoms with Crippen LogP contribution in [0.1, 0.15) is 6.92 Å². The van der Waals surface area contributed by atoms with Crippen LogP contribution in [0.5, 0.6) is 0 Å². The predicted octanol–water partition coefficient (Wildman–Crippen LogP) is -0.860. The molecule has 0 aromatic heterocycles. The second-order valence-electron chi connectivity index (χ2n) is 1.84. The summed E-state index contributed by atoms with van der Waals surface area (Å²) in [5.74, 6) is -0.627. The molecule has 0 heterocycles. The lowest BCUT2D eigenvalue weighted by molar-refractivity contribution is -0.134. The Bertz CT molecular complexity index is 219. The largest absolute Gasteiger partial charge is 0.462 e. The summed E-state index contributed by atoms with van der Waals surface area (Å²) in [5.41, 5.74) is 0. The number of hydrogen-bond donors (Lipinski definition) is 1. The van der Waals surface area contributed by atoms with Gasteiger partial charge < -0.3 is 4.74 Å². The summed E-state index contributed by atoms with van der Waals surface area (Å²) >= 11 is 0. The zero-order valence-electron chi connectivity index (χ0n) is 5.99. The standard InChI is InChI=1S/C5H11NO3S/c1-3-9-5(7)4-10(2,6)8/h4H,3H2,1-2H3,(H2,6,8). The Morgan fingerprint density at radius 3 is 2.60 bits per heavy atom. The van der Waals surface area contributed by atoms with Crippen molar-refractivity contribution in [3.8, 4) is 0 Å². The first-order valence-electron chi connectivity index (χ1n) is 2.74. The summed E-state index contributed by atoms with van der Waals surface area (Å²) in [6.07, 6.45) is 1.27. The predicted molar refractivity (Wildman–Crippen MR) is 41.0 cm³/mol. The van der Waals surface area contributed by atoms with Crippen molar-refractivity contribution in [3.05, 3.63) is 0 Å². The lowest BCUT2D eigenvalue weighted by Gasteiger charge is -1.96. The van der Waals surface area contributed by atoms with Crippen molar-refractivity contribution in [2.24, 2.45) is 5.14 Å². The monoisotopic (exact) mass is 165 g/mol. The molecule has 0 aromatic carbocycles. The molecule has 10 heavy (non-hydrogen) atoms. The minimum Gasteiger partial charge on any atom is -0.462 e. The molecule has 0 aliphatic rings. The van der Waals surface area contributed by atoms with Gasteiger partial charge >= 0.3 is 5.97 Å². The van der Waals surface area contributed by atoms with Gasteiger partial charge in [0, 0.05) is 16.0 Å². The smallest absolute Gasteiger partial charge is 0.340 e. The van der Waals surface area contributed by atoms with Gasteiger partial charge in [0.25, 0.3) is 0 Å². The summed E-state index contributed by atoms with van der Waals surface area (Å²) in [7, 11) is -2.60. The summed E-state index contributed by atoms with van der Waals surface area (Å²) in [6.45, 7) is 1.94. The highest BCUT2D eigenvalue weighted by atomic mass is 32.2. The van der Waals surface area contributed by atoms with Gasteiger partial charge in [-0.1, -0.05) is 0 Å². The van der Waals surface area contributed by atoms with E-state index in [2.05, 4.69) is 4.74 Å². The maximum atomic E-state index is 10.7. The maximum Gasteiger partial charge on any atom is 0.340 e. The van der Waals surface area contributed by atoms with E-state index in [9.17, 15) is 9.00 Å². The van der Waals surface area contributed by atoms with Crippen molar-refractivity contribution < 1.29 is 13.7 Å². The SMILES string of the molecule is CCOC(=O)C=S(C)(N)=O. The summed E-state index contributed by atoms with van der Waals surface area (Å²) in [4.78, 5) is 10.5. The highest BCUT2D eigenvalue weighted by Gasteiger charge is 1.98. The zero-order valence-corrected chi connectivity index (χ0v) is 6.81. The van der Waals surface area contributed by atoms with E-state index in [1.807, 2.05) is 0 Å². The lowest BCUT2D eigenvalue weighted by Crippen LogP contribution is -2.19. The molecule has 2 N–H and O–H groups in total. The molecule has 4 nitrogen and oxygen atoms in total. The third kappa shape index (κ3) is 5.58. The number of esters is 1. The molecule has 5 heteroatoms. The van der Waals surface area contributed by atoms with Crippen LogP contribution in [0.25, 0.3) is 0 Å². The van der Waals surface area contributed by atoms with Crippen molar-refractivity contribution in [3.63, 3.8) is 0 Å². The van der Waals surface area contributed by atoms with Crippen LogP contribution in [-0.4, -0.2) is 28.4 Å². The molecule has 60 valence electrons. The normalized spacial score (nSPS) is 15.5. The lowest BCUT2D eigenvalue weighted by atomic mass is 10.8. The quantitative estimate of drug-likeness (QED) is 0.427. The Morgan fingerprint density at radius 1 is 1.80 bits per heavy atom. The minimum atomic E-state index is -2.60. The molecule has 0 saturated heterocycles. The molecule has 0 aliphatic heterocycles. The number of carbonyl (C=O) groups is 1. The number of carbonyl (C=O) groups excluding carboxylic acids is 1. The number of rotatable bonds is 2. The first-order chi connectivity index (χ1) is 4.45. The third-order valence-corrected chi connectivity index (χ3v) is 1.28. The van der Waals surface area contributed by atoms with Crippen LogP contribution in [-0.2, 0) is 19.2 Å². The number of hydrogen-bond acceptors (Lipinski definition) is 3. The van der Waals surface area contributed by atoms with Gasteiger partial charge in [0.05, 0.1) is 12.0 Å². The molecule has 1 atom stereocenters. The van der Waals surface area contributed by atoms with E-state index in [0.717, 1.165) is 5.37 Å². The summed E-state index contributed by atoms with van der Waals surface area (Å²) in [5, 5.41) is 5.92. The summed E-state index contributed by atoms with van der Waals surface area (Å²) < 4.78 is 15.2. The van der Waals surface area contributed by atoms with Gasteiger partial charge in [-0.25, -0.2) is 4.79 Å². The molecule has 0 bridgehead atoms. The molecule has 0 amide bonds. The van der Waals surface area contributed by atoms with Gasteiger partial charge in [-0.2, -0.15) is 0 Å². The average molecular weight is 165 g/mol. The van der Waals surface area contributed by atoms with E-state index in [0.29, 0.717) is 0 Å². The molecule has 0 aliphatic carbocycles. The van der Waals surface area contributed by atoms with Gasteiger partial charge in [0.1, 0.15) is 0 Å². The molecule has 0 spiro atoms. The van der Waals surface area contributed by atoms with Gasteiger partial charge in [0.15, 0.2) is 0 Å². The van der Waals surface area contributed by atoms with Crippen LogP contribution in [0, 0.1) is 0 Å². The topological polar surface area (TPSA) is 69.4 Å². The van der Waals surface area contributed by atoms with Crippen molar-refractivity contribution in [2.45, 2.75) is 6.92 Å². The van der Waals surface area contributed by atoms with Crippen molar-refractivity contribution in [1.82, 2.24) is 0 Å². The molecular weight excluding hydrogens is 154 g/mol. The van der Waals surface area contributed by atoms with E-state index in [1.165, 1.54) is 6.26 Å². The van der Waals surface area contributed by atoms with E-state index in [4.69, 9.17) is 5.14 Å². The summed E-state index contributed by atoms with van der Waals surface area (Å²) in [6, 6.07) is 0. The van der Waals surface area contributed by atoms with E-state index < -0.39 is 15.7 Å². The van der Waals surface area contributed by atoms with Gasteiger partial charge in [0.2, 0.25) is 0 Å². The van der Waals surface area contributed by atoms with Gasteiger partial charge in [-0.15, -0.1) is 0 Å². The second-order valence-corrected chi connectivity index (χ2v) is 4.01. The van der Waals surface area contributed by atoms with E-state index in [-0.39, 0.29) is 6.61 Å². The molecule has 0 aromatic rings. The molecular formula is C5H11NO3S. The molecule has 0 saturated carbocycles. The molecule has 0 rings (SSSR count). The van der Waals surface area contributed by atoms with Crippen LogP contribution < -0.4 is 5.14 Å². The van der Waals surface area contributed by atoms with Gasteiger partial charge in [-0.3, -0.25) is 9.35 Å². The van der Waals surface area contributed by atoms with Crippen molar-refractivity contribution >= 4 is 21.0 Å². The van der Waals surface area contributed by atoms with Gasteiger partial charge in [-0.05, 0) is 6.92 Å². The van der Waals surface area contributed by atoms with Crippen LogP contribution in [0.3, 0.4) is 0 Å². The molecule has 1 unspecified atom stereocenters. The fourth-order valence-electron chi connectivity index (χ4n) is 0.367. The Balaban J connectivity index is 4.16. The second kappa shape index (κ2) is 3.58. The Labute approximate surface area is 60.5 Å². The van der Waals surface area contributed by atoms with Crippen molar-refractivity contribution in [2.75, 3.05) is 12.9 Å². The van der Waals surface area contributed by atoms with E-state index >= 15 is 0 Å². The van der Waals surface area contributed by atoms with Crippen LogP contribution in [0.4, 0.5) is 0 Å². The number of nitrogens with two attached hydrogens (primary N) is 1. The highest BCUT2D eigenvalue weighted by molar-refractivity contribution is 7.99. The Morgan fingerprint density at radius 2 is 2.30 bits per heavy atom. The average Bonchev–Trinajstić information content (AvgIpc) is 1.59. The van der Waals surface area contributed by atoms with Crippen LogP contribution in [0.15, 0.2) is 0 Å². The van der Waals surface area contributed by atoms with Crippen molar-refractivity contribution in [1.29, 1.82) is 0 Å². The van der Waals surface area contributed by atoms with Crippen LogP contribution >= 0.6 is 0 Å². The first kappa shape index (κ1) is 9.45. The minimum absolute atomic E-state index is 0.269. The van der Waals surface area contributed by atoms with Crippen LogP contribution in [0.2, 0.25) is 0 Å². The Kier molecular flexibility index (Phi) is 3.38. The molecule has 0 radical (unpaired) electrons.